The van der Waals surface area contributed by atoms with Crippen molar-refractivity contribution < 1.29 is 27.6 Å². The van der Waals surface area contributed by atoms with Crippen molar-refractivity contribution in [3.8, 4) is 5.75 Å². The normalized spacial score (nSPS) is 17.8. The molecule has 2 heterocycles. The second-order valence-electron chi connectivity index (χ2n) is 8.97. The number of halogens is 2. The summed E-state index contributed by atoms with van der Waals surface area (Å²) in [6, 6.07) is 11.8. The molecule has 0 unspecified atom stereocenters. The third-order valence-electron chi connectivity index (χ3n) is 6.74. The summed E-state index contributed by atoms with van der Waals surface area (Å²) in [5.74, 6) is 0.192. The Hall–Kier alpha value is -2.02. The van der Waals surface area contributed by atoms with Gasteiger partial charge in [0.15, 0.2) is 20.2 Å². The van der Waals surface area contributed by atoms with Crippen LogP contribution < -0.4 is 10.2 Å². The summed E-state index contributed by atoms with van der Waals surface area (Å²) in [6.45, 7) is 1.36. The van der Waals surface area contributed by atoms with Gasteiger partial charge in [-0.05, 0) is 62.1 Å². The molecule has 3 aromatic rings. The first-order chi connectivity index (χ1) is 17.3. The van der Waals surface area contributed by atoms with Crippen molar-refractivity contribution in [2.24, 2.45) is 0 Å². The zero-order valence-corrected chi connectivity index (χ0v) is 23.0. The molecule has 1 saturated carbocycles. The minimum Gasteiger partial charge on any atom is -0.493 e. The highest BCUT2D eigenvalue weighted by Gasteiger charge is 2.53. The van der Waals surface area contributed by atoms with Crippen LogP contribution in [0.3, 0.4) is 0 Å². The predicted molar refractivity (Wildman–Crippen MR) is 143 cm³/mol. The van der Waals surface area contributed by atoms with Gasteiger partial charge in [0.1, 0.15) is 11.3 Å². The fraction of sp³-hybridized carbons (Fsp3) is 0.417. The van der Waals surface area contributed by atoms with E-state index >= 15 is 0 Å². The molecule has 37 heavy (non-hydrogen) atoms. The summed E-state index contributed by atoms with van der Waals surface area (Å²) in [5.41, 5.74) is 2.94. The number of sulfone groups is 1. The average molecular weight is 589 g/mol. The number of carbonyl (C=O) groups excluding carboxylic acids is 1. The van der Waals surface area contributed by atoms with Gasteiger partial charge in [-0.15, -0.1) is 12.4 Å². The second-order valence-corrected chi connectivity index (χ2v) is 12.7. The predicted octanol–water partition coefficient (Wildman–Crippen LogP) is 4.35. The van der Waals surface area contributed by atoms with Crippen LogP contribution >= 0.6 is 35.8 Å². The van der Waals surface area contributed by atoms with E-state index < -0.39 is 20.5 Å². The van der Waals surface area contributed by atoms with Gasteiger partial charge in [0.05, 0.1) is 11.5 Å². The highest BCUT2D eigenvalue weighted by molar-refractivity contribution is 7.99. The molecule has 9 nitrogen and oxygen atoms in total. The molecule has 1 saturated heterocycles. The second kappa shape index (κ2) is 11.4. The lowest BCUT2D eigenvalue weighted by molar-refractivity contribution is -0.133. The Morgan fingerprint density at radius 3 is 2.57 bits per heavy atom. The Balaban J connectivity index is 0.00000320. The number of benzene rings is 2. The number of amides is 1. The van der Waals surface area contributed by atoms with Gasteiger partial charge in [-0.3, -0.25) is 10.0 Å². The van der Waals surface area contributed by atoms with E-state index in [-0.39, 0.29) is 30.1 Å². The zero-order valence-electron chi connectivity index (χ0n) is 19.8. The Morgan fingerprint density at radius 2 is 1.92 bits per heavy atom. The van der Waals surface area contributed by atoms with Gasteiger partial charge in [0.25, 0.3) is 11.1 Å². The van der Waals surface area contributed by atoms with Crippen LogP contribution in [0.25, 0.3) is 11.1 Å². The molecule has 5 rings (SSSR count). The molecule has 1 amide bonds. The SMILES string of the molecule is Cl.O=C(NO)C1(S(=O)(=O)c2ccc(OCCSc3nc4ccc(Cl)cc4o3)cc2)CCN(C2CC2)CC1. The van der Waals surface area contributed by atoms with E-state index in [1.54, 1.807) is 35.8 Å². The number of fused-ring (bicyclic) bond motifs is 1. The molecule has 0 spiro atoms. The van der Waals surface area contributed by atoms with Gasteiger partial charge in [-0.25, -0.2) is 18.9 Å². The number of ether oxygens (including phenoxy) is 1. The lowest BCUT2D eigenvalue weighted by Gasteiger charge is -2.39. The van der Waals surface area contributed by atoms with E-state index in [2.05, 4.69) is 9.88 Å². The molecule has 13 heteroatoms. The Morgan fingerprint density at radius 1 is 1.22 bits per heavy atom. The topological polar surface area (TPSA) is 122 Å². The first-order valence-electron chi connectivity index (χ1n) is 11.7. The van der Waals surface area contributed by atoms with Crippen LogP contribution in [0.2, 0.25) is 5.02 Å². The summed E-state index contributed by atoms with van der Waals surface area (Å²) in [5, 5.41) is 10.4. The number of hydroxylamine groups is 1. The standard InChI is InChI=1S/C24H26ClN3O6S2.ClH/c25-16-1-8-20-21(15-16)34-23(26-20)35-14-13-33-18-4-6-19(7-5-18)36(31,32)24(22(29)27-30)9-11-28(12-10-24)17-2-3-17;/h1,4-8,15,17,30H,2-3,9-14H2,(H,27,29);1H. The van der Waals surface area contributed by atoms with Crippen molar-refractivity contribution in [1.82, 2.24) is 15.4 Å². The van der Waals surface area contributed by atoms with Crippen LogP contribution in [-0.4, -0.2) is 65.7 Å². The van der Waals surface area contributed by atoms with Gasteiger partial charge < -0.3 is 14.1 Å². The number of carbonyl (C=O) groups is 1. The number of nitrogens with one attached hydrogen (secondary N) is 1. The molecule has 2 aliphatic rings. The molecule has 0 bridgehead atoms. The van der Waals surface area contributed by atoms with E-state index in [0.717, 1.165) is 18.4 Å². The lowest BCUT2D eigenvalue weighted by atomic mass is 9.94. The van der Waals surface area contributed by atoms with E-state index in [1.165, 1.54) is 23.9 Å². The highest BCUT2D eigenvalue weighted by Crippen LogP contribution is 2.39. The molecule has 2 N–H and O–H groups in total. The van der Waals surface area contributed by atoms with Crippen molar-refractivity contribution in [3.05, 3.63) is 47.5 Å². The lowest BCUT2D eigenvalue weighted by Crippen LogP contribution is -2.58. The number of nitrogens with zero attached hydrogens (tertiary/aromatic N) is 2. The van der Waals surface area contributed by atoms with E-state index in [0.29, 0.717) is 53.1 Å². The minimum atomic E-state index is -4.05. The van der Waals surface area contributed by atoms with Crippen LogP contribution in [0.15, 0.2) is 57.0 Å². The van der Waals surface area contributed by atoms with Gasteiger partial charge in [-0.2, -0.15) is 0 Å². The Kier molecular flexibility index (Phi) is 8.61. The van der Waals surface area contributed by atoms with Crippen LogP contribution in [0.4, 0.5) is 0 Å². The number of thioether (sulfide) groups is 1. The van der Waals surface area contributed by atoms with E-state index in [9.17, 15) is 18.4 Å². The van der Waals surface area contributed by atoms with Crippen molar-refractivity contribution in [1.29, 1.82) is 0 Å². The fourth-order valence-corrected chi connectivity index (χ4v) is 7.35. The Labute approximate surface area is 230 Å². The maximum absolute atomic E-state index is 13.6. The van der Waals surface area contributed by atoms with Gasteiger partial charge >= 0.3 is 0 Å². The highest BCUT2D eigenvalue weighted by atomic mass is 35.5. The minimum absolute atomic E-state index is 0. The number of hydrogen-bond acceptors (Lipinski definition) is 9. The maximum Gasteiger partial charge on any atom is 0.265 e. The summed E-state index contributed by atoms with van der Waals surface area (Å²) >= 11 is 7.37. The third-order valence-corrected chi connectivity index (χ3v) is 10.3. The first kappa shape index (κ1) is 28.0. The summed E-state index contributed by atoms with van der Waals surface area (Å²) in [6.07, 6.45) is 2.48. The number of aromatic nitrogens is 1. The summed E-state index contributed by atoms with van der Waals surface area (Å²) in [4.78, 5) is 19.3. The molecule has 0 atom stereocenters. The van der Waals surface area contributed by atoms with Crippen LogP contribution in [0.1, 0.15) is 25.7 Å². The number of hydrogen-bond donors (Lipinski definition) is 2. The molecule has 1 aliphatic heterocycles. The van der Waals surface area contributed by atoms with Gasteiger partial charge in [0.2, 0.25) is 0 Å². The third kappa shape index (κ3) is 5.71. The molecule has 2 fully saturated rings. The molecule has 0 radical (unpaired) electrons. The number of likely N-dealkylation sites (tertiary alicyclic amines) is 1. The summed E-state index contributed by atoms with van der Waals surface area (Å²) < 4.78 is 36.8. The average Bonchev–Trinajstić information content (AvgIpc) is 3.66. The monoisotopic (exact) mass is 587 g/mol. The maximum atomic E-state index is 13.6. The molecule has 200 valence electrons. The number of piperidine rings is 1. The van der Waals surface area contributed by atoms with Crippen LogP contribution in [0, 0.1) is 0 Å². The Bertz CT molecular complexity index is 1350. The number of rotatable bonds is 9. The van der Waals surface area contributed by atoms with Crippen molar-refractivity contribution in [2.45, 2.75) is 46.6 Å². The van der Waals surface area contributed by atoms with Crippen LogP contribution in [-0.2, 0) is 14.6 Å². The molecule has 1 aromatic heterocycles. The van der Waals surface area contributed by atoms with Crippen molar-refractivity contribution in [3.63, 3.8) is 0 Å². The molecular weight excluding hydrogens is 561 g/mol. The first-order valence-corrected chi connectivity index (χ1v) is 14.5. The molecule has 2 aromatic carbocycles. The quantitative estimate of drug-likeness (QED) is 0.163. The van der Waals surface area contributed by atoms with Crippen LogP contribution in [0.5, 0.6) is 5.75 Å². The zero-order chi connectivity index (χ0) is 25.3. The van der Waals surface area contributed by atoms with E-state index in [1.807, 2.05) is 0 Å². The van der Waals surface area contributed by atoms with E-state index in [4.69, 9.17) is 20.8 Å². The van der Waals surface area contributed by atoms with Gasteiger partial charge in [-0.1, -0.05) is 23.4 Å². The van der Waals surface area contributed by atoms with Crippen molar-refractivity contribution >= 4 is 62.6 Å². The largest absolute Gasteiger partial charge is 0.493 e. The number of oxazole rings is 1. The van der Waals surface area contributed by atoms with Crippen molar-refractivity contribution in [2.75, 3.05) is 25.4 Å². The summed E-state index contributed by atoms with van der Waals surface area (Å²) in [7, 11) is -4.05. The van der Waals surface area contributed by atoms with Gasteiger partial charge in [0, 0.05) is 36.0 Å². The molecular formula is C24H27Cl2N3O6S2. The smallest absolute Gasteiger partial charge is 0.265 e. The molecule has 1 aliphatic carbocycles. The fourth-order valence-electron chi connectivity index (χ4n) is 4.58.